The van der Waals surface area contributed by atoms with Crippen molar-refractivity contribution in [3.63, 3.8) is 0 Å². The van der Waals surface area contributed by atoms with E-state index in [1.807, 2.05) is 12.3 Å². The number of hydrogen-bond donors (Lipinski definition) is 1. The Hall–Kier alpha value is -1.26. The SMILES string of the molecule is Cc1ccc(-c2nccc(CNC(C)(C)C)n2)c(Br)c1. The summed E-state index contributed by atoms with van der Waals surface area (Å²) in [6, 6.07) is 8.16. The van der Waals surface area contributed by atoms with Gasteiger partial charge in [-0.25, -0.2) is 9.97 Å². The van der Waals surface area contributed by atoms with Crippen molar-refractivity contribution >= 4 is 15.9 Å². The molecular weight excluding hydrogens is 314 g/mol. The van der Waals surface area contributed by atoms with Gasteiger partial charge in [-0.3, -0.25) is 0 Å². The van der Waals surface area contributed by atoms with E-state index in [9.17, 15) is 0 Å². The molecule has 0 bridgehead atoms. The van der Waals surface area contributed by atoms with Crippen LogP contribution < -0.4 is 5.32 Å². The smallest absolute Gasteiger partial charge is 0.160 e. The van der Waals surface area contributed by atoms with Gasteiger partial charge < -0.3 is 5.32 Å². The lowest BCUT2D eigenvalue weighted by Crippen LogP contribution is -2.35. The molecule has 0 radical (unpaired) electrons. The highest BCUT2D eigenvalue weighted by atomic mass is 79.9. The summed E-state index contributed by atoms with van der Waals surface area (Å²) in [6.07, 6.45) is 1.81. The van der Waals surface area contributed by atoms with Crippen molar-refractivity contribution in [2.24, 2.45) is 0 Å². The minimum atomic E-state index is 0.0789. The molecule has 0 saturated heterocycles. The average molecular weight is 334 g/mol. The van der Waals surface area contributed by atoms with Crippen LogP contribution in [0.4, 0.5) is 0 Å². The average Bonchev–Trinajstić information content (AvgIpc) is 2.36. The fourth-order valence-electron chi connectivity index (χ4n) is 1.78. The quantitative estimate of drug-likeness (QED) is 0.918. The number of aryl methyl sites for hydroxylation is 1. The normalized spacial score (nSPS) is 11.7. The first-order valence-corrected chi connectivity index (χ1v) is 7.48. The van der Waals surface area contributed by atoms with Crippen LogP contribution in [0.2, 0.25) is 0 Å². The molecule has 0 saturated carbocycles. The lowest BCUT2D eigenvalue weighted by atomic mass is 10.1. The van der Waals surface area contributed by atoms with E-state index in [1.165, 1.54) is 5.56 Å². The van der Waals surface area contributed by atoms with Gasteiger partial charge in [-0.15, -0.1) is 0 Å². The van der Waals surface area contributed by atoms with E-state index in [4.69, 9.17) is 0 Å². The van der Waals surface area contributed by atoms with Gasteiger partial charge in [0.2, 0.25) is 0 Å². The van der Waals surface area contributed by atoms with Crippen LogP contribution in [0.15, 0.2) is 34.9 Å². The van der Waals surface area contributed by atoms with Crippen molar-refractivity contribution in [2.45, 2.75) is 39.8 Å². The van der Waals surface area contributed by atoms with Gasteiger partial charge in [-0.2, -0.15) is 0 Å². The van der Waals surface area contributed by atoms with E-state index in [0.29, 0.717) is 0 Å². The fourth-order valence-corrected chi connectivity index (χ4v) is 2.45. The Kier molecular flexibility index (Phi) is 4.55. The van der Waals surface area contributed by atoms with Crippen LogP contribution in [0.3, 0.4) is 0 Å². The molecule has 1 aromatic carbocycles. The molecule has 0 fully saturated rings. The maximum absolute atomic E-state index is 4.63. The Labute approximate surface area is 129 Å². The Bertz CT molecular complexity index is 603. The topological polar surface area (TPSA) is 37.8 Å². The van der Waals surface area contributed by atoms with Gasteiger partial charge in [-0.1, -0.05) is 22.0 Å². The lowest BCUT2D eigenvalue weighted by molar-refractivity contribution is 0.421. The summed E-state index contributed by atoms with van der Waals surface area (Å²) in [6.45, 7) is 9.24. The first-order valence-electron chi connectivity index (χ1n) is 6.69. The Balaban J connectivity index is 2.25. The van der Waals surface area contributed by atoms with Gasteiger partial charge in [0, 0.05) is 28.3 Å². The standard InChI is InChI=1S/C16H20BrN3/c1-11-5-6-13(14(17)9-11)15-18-8-7-12(20-15)10-19-16(2,3)4/h5-9,19H,10H2,1-4H3. The largest absolute Gasteiger partial charge is 0.306 e. The fraction of sp³-hybridized carbons (Fsp3) is 0.375. The maximum atomic E-state index is 4.63. The molecule has 20 heavy (non-hydrogen) atoms. The summed E-state index contributed by atoms with van der Waals surface area (Å²) in [7, 11) is 0. The summed E-state index contributed by atoms with van der Waals surface area (Å²) >= 11 is 3.58. The third kappa shape index (κ3) is 4.12. The van der Waals surface area contributed by atoms with Crippen LogP contribution in [-0.2, 0) is 6.54 Å². The first kappa shape index (κ1) is 15.1. The van der Waals surface area contributed by atoms with Crippen LogP contribution in [0.5, 0.6) is 0 Å². The Morgan fingerprint density at radius 1 is 1.20 bits per heavy atom. The van der Waals surface area contributed by atoms with Crippen LogP contribution in [0.1, 0.15) is 32.0 Å². The number of nitrogens with one attached hydrogen (secondary N) is 1. The summed E-state index contributed by atoms with van der Waals surface area (Å²) in [5.41, 5.74) is 3.31. The number of benzene rings is 1. The Morgan fingerprint density at radius 3 is 2.60 bits per heavy atom. The Morgan fingerprint density at radius 2 is 1.95 bits per heavy atom. The van der Waals surface area contributed by atoms with Crippen molar-refractivity contribution < 1.29 is 0 Å². The number of hydrogen-bond acceptors (Lipinski definition) is 3. The number of nitrogens with zero attached hydrogens (tertiary/aromatic N) is 2. The summed E-state index contributed by atoms with van der Waals surface area (Å²) in [4.78, 5) is 9.01. The molecule has 1 heterocycles. The predicted octanol–water partition coefficient (Wildman–Crippen LogP) is 4.10. The van der Waals surface area contributed by atoms with Gasteiger partial charge in [0.05, 0.1) is 5.69 Å². The molecule has 4 heteroatoms. The maximum Gasteiger partial charge on any atom is 0.160 e. The number of aromatic nitrogens is 2. The van der Waals surface area contributed by atoms with Crippen LogP contribution in [0, 0.1) is 6.92 Å². The van der Waals surface area contributed by atoms with E-state index in [0.717, 1.165) is 28.1 Å². The second kappa shape index (κ2) is 6.02. The molecule has 0 unspecified atom stereocenters. The van der Waals surface area contributed by atoms with Crippen molar-refractivity contribution in [1.82, 2.24) is 15.3 Å². The minimum absolute atomic E-state index is 0.0789. The van der Waals surface area contributed by atoms with Gasteiger partial charge in [0.15, 0.2) is 5.82 Å². The van der Waals surface area contributed by atoms with Gasteiger partial charge in [0.1, 0.15) is 0 Å². The molecule has 2 rings (SSSR count). The highest BCUT2D eigenvalue weighted by Crippen LogP contribution is 2.26. The molecule has 1 aromatic heterocycles. The van der Waals surface area contributed by atoms with Crippen molar-refractivity contribution in [2.75, 3.05) is 0 Å². The first-order chi connectivity index (χ1) is 9.35. The van der Waals surface area contributed by atoms with Crippen LogP contribution in [0.25, 0.3) is 11.4 Å². The highest BCUT2D eigenvalue weighted by Gasteiger charge is 2.11. The molecule has 0 amide bonds. The highest BCUT2D eigenvalue weighted by molar-refractivity contribution is 9.10. The molecule has 3 nitrogen and oxygen atoms in total. The molecule has 0 aliphatic rings. The molecule has 2 aromatic rings. The second-order valence-corrected chi connectivity index (χ2v) is 6.81. The van der Waals surface area contributed by atoms with Crippen LogP contribution in [-0.4, -0.2) is 15.5 Å². The number of rotatable bonds is 3. The monoisotopic (exact) mass is 333 g/mol. The van der Waals surface area contributed by atoms with E-state index in [-0.39, 0.29) is 5.54 Å². The molecule has 0 spiro atoms. The van der Waals surface area contributed by atoms with Crippen LogP contribution >= 0.6 is 15.9 Å². The van der Waals surface area contributed by atoms with Crippen molar-refractivity contribution in [3.8, 4) is 11.4 Å². The van der Waals surface area contributed by atoms with Crippen molar-refractivity contribution in [1.29, 1.82) is 0 Å². The molecule has 0 aliphatic carbocycles. The van der Waals surface area contributed by atoms with Gasteiger partial charge in [-0.05, 0) is 51.5 Å². The second-order valence-electron chi connectivity index (χ2n) is 5.96. The minimum Gasteiger partial charge on any atom is -0.306 e. The summed E-state index contributed by atoms with van der Waals surface area (Å²) < 4.78 is 1.03. The molecule has 106 valence electrons. The predicted molar refractivity (Wildman–Crippen MR) is 86.5 cm³/mol. The third-order valence-corrected chi connectivity index (χ3v) is 3.53. The summed E-state index contributed by atoms with van der Waals surface area (Å²) in [5.74, 6) is 0.755. The zero-order valence-corrected chi connectivity index (χ0v) is 14.0. The molecule has 1 N–H and O–H groups in total. The van der Waals surface area contributed by atoms with Crippen molar-refractivity contribution in [3.05, 3.63) is 46.2 Å². The third-order valence-electron chi connectivity index (χ3n) is 2.88. The lowest BCUT2D eigenvalue weighted by Gasteiger charge is -2.20. The number of halogens is 1. The molecule has 0 atom stereocenters. The van der Waals surface area contributed by atoms with E-state index < -0.39 is 0 Å². The van der Waals surface area contributed by atoms with E-state index in [2.05, 4.69) is 77.1 Å². The zero-order chi connectivity index (χ0) is 14.8. The molecule has 0 aliphatic heterocycles. The summed E-state index contributed by atoms with van der Waals surface area (Å²) in [5, 5.41) is 3.44. The van der Waals surface area contributed by atoms with Gasteiger partial charge in [0.25, 0.3) is 0 Å². The van der Waals surface area contributed by atoms with E-state index in [1.54, 1.807) is 0 Å². The van der Waals surface area contributed by atoms with Gasteiger partial charge >= 0.3 is 0 Å². The zero-order valence-electron chi connectivity index (χ0n) is 12.4. The van der Waals surface area contributed by atoms with E-state index >= 15 is 0 Å². The molecular formula is C16H20BrN3.